The first-order chi connectivity index (χ1) is 9.38. The number of anilines is 1. The van der Waals surface area contributed by atoms with Crippen molar-refractivity contribution in [1.29, 1.82) is 0 Å². The Hall–Kier alpha value is -1.39. The average molecular weight is 273 g/mol. The summed E-state index contributed by atoms with van der Waals surface area (Å²) in [5.74, 6) is 0. The topological polar surface area (TPSA) is 31.1 Å². The summed E-state index contributed by atoms with van der Waals surface area (Å²) in [6.07, 6.45) is 4.59. The fourth-order valence-corrected chi connectivity index (χ4v) is 3.19. The molecule has 3 nitrogen and oxygen atoms in total. The van der Waals surface area contributed by atoms with E-state index in [4.69, 9.17) is 0 Å². The Balaban J connectivity index is 2.02. The van der Waals surface area contributed by atoms with Crippen molar-refractivity contribution in [3.05, 3.63) is 36.5 Å². The fourth-order valence-electron chi connectivity index (χ4n) is 2.64. The van der Waals surface area contributed by atoms with Gasteiger partial charge in [-0.15, -0.1) is 0 Å². The second kappa shape index (κ2) is 5.72. The van der Waals surface area contributed by atoms with Crippen molar-refractivity contribution in [2.45, 2.75) is 17.7 Å². The van der Waals surface area contributed by atoms with E-state index in [1.807, 2.05) is 13.2 Å². The molecular weight excluding hydrogens is 254 g/mol. The van der Waals surface area contributed by atoms with Crippen LogP contribution in [0.1, 0.15) is 12.8 Å². The molecule has 0 saturated carbocycles. The van der Waals surface area contributed by atoms with Gasteiger partial charge in [-0.05, 0) is 62.2 Å². The lowest BCUT2D eigenvalue weighted by Crippen LogP contribution is -2.18. The van der Waals surface area contributed by atoms with Gasteiger partial charge in [-0.2, -0.15) is 0 Å². The van der Waals surface area contributed by atoms with E-state index < -0.39 is 0 Å². The summed E-state index contributed by atoms with van der Waals surface area (Å²) in [7, 11) is 1.95. The number of H-pyrrole nitrogens is 1. The monoisotopic (exact) mass is 273 g/mol. The number of hydrogen-bond acceptors (Lipinski definition) is 3. The Morgan fingerprint density at radius 3 is 2.74 bits per heavy atom. The van der Waals surface area contributed by atoms with E-state index in [-0.39, 0.29) is 0 Å². The molecule has 0 atom stereocenters. The summed E-state index contributed by atoms with van der Waals surface area (Å²) in [6, 6.07) is 10.9. The van der Waals surface area contributed by atoms with Crippen molar-refractivity contribution in [2.24, 2.45) is 0 Å². The number of hydrogen-bond donors (Lipinski definition) is 2. The summed E-state index contributed by atoms with van der Waals surface area (Å²) in [4.78, 5) is 7.07. The van der Waals surface area contributed by atoms with E-state index in [1.54, 1.807) is 11.9 Å². The van der Waals surface area contributed by atoms with Crippen molar-refractivity contribution in [3.63, 3.8) is 0 Å². The minimum Gasteiger partial charge on any atom is -0.371 e. The van der Waals surface area contributed by atoms with Crippen molar-refractivity contribution in [1.82, 2.24) is 9.71 Å². The van der Waals surface area contributed by atoms with Crippen LogP contribution in [0.15, 0.2) is 41.4 Å². The van der Waals surface area contributed by atoms with Crippen LogP contribution in [0.4, 0.5) is 5.69 Å². The normalized spacial score (nSPS) is 15.1. The number of aromatic amines is 1. The molecular formula is C15H19N3S. The third-order valence-corrected chi connectivity index (χ3v) is 4.22. The number of aromatic nitrogens is 1. The predicted molar refractivity (Wildman–Crippen MR) is 82.6 cm³/mol. The van der Waals surface area contributed by atoms with Gasteiger partial charge in [0.1, 0.15) is 0 Å². The van der Waals surface area contributed by atoms with Crippen LogP contribution in [-0.4, -0.2) is 25.1 Å². The zero-order chi connectivity index (χ0) is 13.1. The van der Waals surface area contributed by atoms with Gasteiger partial charge in [0.25, 0.3) is 0 Å². The molecule has 0 unspecified atom stereocenters. The summed E-state index contributed by atoms with van der Waals surface area (Å²) in [6.45, 7) is 2.35. The van der Waals surface area contributed by atoms with Crippen molar-refractivity contribution < 1.29 is 0 Å². The molecule has 0 spiro atoms. The lowest BCUT2D eigenvalue weighted by molar-refractivity contribution is 0.949. The van der Waals surface area contributed by atoms with E-state index in [2.05, 4.69) is 44.9 Å². The highest BCUT2D eigenvalue weighted by molar-refractivity contribution is 7.97. The number of nitrogens with zero attached hydrogens (tertiary/aromatic N) is 1. The van der Waals surface area contributed by atoms with Crippen molar-refractivity contribution >= 4 is 17.6 Å². The van der Waals surface area contributed by atoms with Crippen LogP contribution in [0.3, 0.4) is 0 Å². The van der Waals surface area contributed by atoms with Crippen molar-refractivity contribution in [3.8, 4) is 11.3 Å². The number of benzene rings is 1. The van der Waals surface area contributed by atoms with Crippen LogP contribution in [0.2, 0.25) is 0 Å². The minimum atomic E-state index is 1.17. The Kier molecular flexibility index (Phi) is 3.80. The molecule has 0 aliphatic carbocycles. The number of nitrogens with one attached hydrogen (secondary N) is 2. The van der Waals surface area contributed by atoms with Crippen LogP contribution < -0.4 is 9.62 Å². The number of rotatable bonds is 4. The SMILES string of the molecule is CNSc1ccc(N2CCCC2)c(-c2ccc[nH]2)c1. The summed E-state index contributed by atoms with van der Waals surface area (Å²) >= 11 is 1.66. The Bertz CT molecular complexity index is 530. The van der Waals surface area contributed by atoms with Gasteiger partial charge < -0.3 is 9.88 Å². The van der Waals surface area contributed by atoms with Crippen LogP contribution in [0.25, 0.3) is 11.3 Å². The van der Waals surface area contributed by atoms with Crippen LogP contribution in [0.5, 0.6) is 0 Å². The Morgan fingerprint density at radius 1 is 1.21 bits per heavy atom. The molecule has 3 rings (SSSR count). The molecule has 4 heteroatoms. The third kappa shape index (κ3) is 2.65. The summed E-state index contributed by atoms with van der Waals surface area (Å²) < 4.78 is 3.14. The van der Waals surface area contributed by atoms with Gasteiger partial charge in [-0.3, -0.25) is 4.72 Å². The van der Waals surface area contributed by atoms with Gasteiger partial charge in [-0.25, -0.2) is 0 Å². The Labute approximate surface area is 118 Å². The largest absolute Gasteiger partial charge is 0.371 e. The zero-order valence-electron chi connectivity index (χ0n) is 11.1. The molecule has 1 aromatic carbocycles. The lowest BCUT2D eigenvalue weighted by Gasteiger charge is -2.21. The van der Waals surface area contributed by atoms with Crippen LogP contribution in [0, 0.1) is 0 Å². The maximum Gasteiger partial charge on any atom is 0.0475 e. The molecule has 2 heterocycles. The molecule has 1 aliphatic heterocycles. The third-order valence-electron chi connectivity index (χ3n) is 3.52. The van der Waals surface area contributed by atoms with Gasteiger partial charge in [0.15, 0.2) is 0 Å². The zero-order valence-corrected chi connectivity index (χ0v) is 12.0. The van der Waals surface area contributed by atoms with Gasteiger partial charge in [0.05, 0.1) is 0 Å². The molecule has 2 aromatic rings. The highest BCUT2D eigenvalue weighted by Gasteiger charge is 2.17. The first-order valence-electron chi connectivity index (χ1n) is 6.75. The summed E-state index contributed by atoms with van der Waals surface area (Å²) in [5, 5.41) is 0. The highest BCUT2D eigenvalue weighted by atomic mass is 32.2. The van der Waals surface area contributed by atoms with Crippen LogP contribution in [-0.2, 0) is 0 Å². The van der Waals surface area contributed by atoms with Gasteiger partial charge in [-0.1, -0.05) is 0 Å². The molecule has 1 saturated heterocycles. The predicted octanol–water partition coefficient (Wildman–Crippen LogP) is 3.51. The molecule has 2 N–H and O–H groups in total. The molecule has 0 radical (unpaired) electrons. The van der Waals surface area contributed by atoms with E-state index in [0.717, 1.165) is 0 Å². The van der Waals surface area contributed by atoms with E-state index >= 15 is 0 Å². The van der Waals surface area contributed by atoms with E-state index in [1.165, 1.54) is 47.8 Å². The van der Waals surface area contributed by atoms with Crippen molar-refractivity contribution in [2.75, 3.05) is 25.0 Å². The van der Waals surface area contributed by atoms with E-state index in [9.17, 15) is 0 Å². The molecule has 1 fully saturated rings. The quantitative estimate of drug-likeness (QED) is 0.836. The maximum absolute atomic E-state index is 3.33. The molecule has 100 valence electrons. The standard InChI is InChI=1S/C15H19N3S/c1-16-19-12-6-7-15(18-9-2-3-10-18)13(11-12)14-5-4-8-17-14/h4-8,11,16-17H,2-3,9-10H2,1H3. The second-order valence-electron chi connectivity index (χ2n) is 4.76. The highest BCUT2D eigenvalue weighted by Crippen LogP contribution is 2.34. The second-order valence-corrected chi connectivity index (χ2v) is 5.85. The maximum atomic E-state index is 3.33. The van der Waals surface area contributed by atoms with Gasteiger partial charge in [0, 0.05) is 41.1 Å². The molecule has 19 heavy (non-hydrogen) atoms. The van der Waals surface area contributed by atoms with E-state index in [0.29, 0.717) is 0 Å². The molecule has 0 amide bonds. The first-order valence-corrected chi connectivity index (χ1v) is 7.56. The average Bonchev–Trinajstić information content (AvgIpc) is 3.13. The van der Waals surface area contributed by atoms with Crippen LogP contribution >= 0.6 is 11.9 Å². The molecule has 1 aromatic heterocycles. The fraction of sp³-hybridized carbons (Fsp3) is 0.333. The van der Waals surface area contributed by atoms with Gasteiger partial charge in [0.2, 0.25) is 0 Å². The molecule has 0 bridgehead atoms. The van der Waals surface area contributed by atoms with Gasteiger partial charge >= 0.3 is 0 Å². The Morgan fingerprint density at radius 2 is 2.05 bits per heavy atom. The lowest BCUT2D eigenvalue weighted by atomic mass is 10.1. The smallest absolute Gasteiger partial charge is 0.0475 e. The minimum absolute atomic E-state index is 1.17. The summed E-state index contributed by atoms with van der Waals surface area (Å²) in [5.41, 5.74) is 3.84. The first kappa shape index (κ1) is 12.6. The molecule has 1 aliphatic rings.